The molecule has 1 aromatic carbocycles. The third-order valence-corrected chi connectivity index (χ3v) is 2.14. The molecule has 0 aliphatic rings. The lowest BCUT2D eigenvalue weighted by Crippen LogP contribution is -2.24. The fourth-order valence-electron chi connectivity index (χ4n) is 1.39. The molecule has 0 fully saturated rings. The summed E-state index contributed by atoms with van der Waals surface area (Å²) in [6.45, 7) is 7.78. The molecule has 16 heavy (non-hydrogen) atoms. The maximum Gasteiger partial charge on any atom is 0.120 e. The summed E-state index contributed by atoms with van der Waals surface area (Å²) in [6, 6.07) is 7.12. The van der Waals surface area contributed by atoms with Crippen LogP contribution < -0.4 is 10.5 Å². The Morgan fingerprint density at radius 3 is 2.06 bits per heavy atom. The lowest BCUT2D eigenvalue weighted by molar-refractivity contribution is 0.130. The lowest BCUT2D eigenvalue weighted by Gasteiger charge is -2.22. The van der Waals surface area contributed by atoms with Crippen LogP contribution in [0.5, 0.6) is 5.75 Å². The van der Waals surface area contributed by atoms with Gasteiger partial charge in [-0.25, -0.2) is 0 Å². The Hall–Kier alpha value is -1.06. The monoisotopic (exact) mass is 223 g/mol. The van der Waals surface area contributed by atoms with E-state index in [4.69, 9.17) is 10.5 Å². The average molecular weight is 223 g/mol. The van der Waals surface area contributed by atoms with Crippen LogP contribution in [0.4, 0.5) is 0 Å². The summed E-state index contributed by atoms with van der Waals surface area (Å²) in [6.07, 6.45) is -0.622. The molecule has 0 aromatic heterocycles. The van der Waals surface area contributed by atoms with E-state index in [9.17, 15) is 5.11 Å². The fraction of sp³-hybridized carbons (Fsp3) is 0.538. The van der Waals surface area contributed by atoms with Crippen LogP contribution >= 0.6 is 0 Å². The lowest BCUT2D eigenvalue weighted by atomic mass is 10.0. The number of ether oxygens (including phenoxy) is 1. The van der Waals surface area contributed by atoms with Crippen LogP contribution in [0.2, 0.25) is 0 Å². The van der Waals surface area contributed by atoms with Crippen molar-refractivity contribution in [2.75, 3.05) is 0 Å². The highest BCUT2D eigenvalue weighted by Gasteiger charge is 2.14. The Balaban J connectivity index is 2.76. The van der Waals surface area contributed by atoms with Gasteiger partial charge in [0.05, 0.1) is 6.10 Å². The molecule has 0 spiro atoms. The van der Waals surface area contributed by atoms with E-state index in [2.05, 4.69) is 0 Å². The van der Waals surface area contributed by atoms with Crippen LogP contribution in [0.3, 0.4) is 0 Å². The van der Waals surface area contributed by atoms with Crippen molar-refractivity contribution in [3.8, 4) is 5.75 Å². The quantitative estimate of drug-likeness (QED) is 0.826. The van der Waals surface area contributed by atoms with Gasteiger partial charge in [-0.05, 0) is 45.4 Å². The first-order valence-corrected chi connectivity index (χ1v) is 5.52. The maximum absolute atomic E-state index is 9.76. The number of aliphatic hydroxyl groups is 1. The van der Waals surface area contributed by atoms with Gasteiger partial charge in [-0.15, -0.1) is 0 Å². The standard InChI is InChI=1S/C13H21NO2/c1-9(14)12(15)10-5-7-11(8-6-10)16-13(2,3)4/h5-9,12,15H,14H2,1-4H3/t9-,12-/m0/s1. The summed E-state index contributed by atoms with van der Waals surface area (Å²) in [4.78, 5) is 0. The molecule has 3 heteroatoms. The van der Waals surface area contributed by atoms with Gasteiger partial charge in [0.25, 0.3) is 0 Å². The highest BCUT2D eigenvalue weighted by molar-refractivity contribution is 5.29. The molecule has 1 rings (SSSR count). The summed E-state index contributed by atoms with van der Waals surface area (Å²) in [5.41, 5.74) is 6.24. The van der Waals surface area contributed by atoms with Crippen molar-refractivity contribution in [2.24, 2.45) is 5.73 Å². The van der Waals surface area contributed by atoms with E-state index in [0.29, 0.717) is 0 Å². The molecular formula is C13H21NO2. The SMILES string of the molecule is C[C@H](N)[C@H](O)c1ccc(OC(C)(C)C)cc1. The molecule has 0 saturated carbocycles. The minimum absolute atomic E-state index is 0.207. The summed E-state index contributed by atoms with van der Waals surface area (Å²) in [5.74, 6) is 0.799. The van der Waals surface area contributed by atoms with Crippen LogP contribution in [0, 0.1) is 0 Å². The number of hydrogen-bond acceptors (Lipinski definition) is 3. The molecule has 90 valence electrons. The van der Waals surface area contributed by atoms with Crippen LogP contribution in [0.1, 0.15) is 39.4 Å². The Morgan fingerprint density at radius 2 is 1.69 bits per heavy atom. The van der Waals surface area contributed by atoms with E-state index < -0.39 is 6.10 Å². The van der Waals surface area contributed by atoms with E-state index >= 15 is 0 Å². The van der Waals surface area contributed by atoms with E-state index in [-0.39, 0.29) is 11.6 Å². The van der Waals surface area contributed by atoms with E-state index in [1.165, 1.54) is 0 Å². The van der Waals surface area contributed by atoms with Gasteiger partial charge in [0, 0.05) is 6.04 Å². The Morgan fingerprint density at radius 1 is 1.19 bits per heavy atom. The van der Waals surface area contributed by atoms with Gasteiger partial charge < -0.3 is 15.6 Å². The van der Waals surface area contributed by atoms with E-state index in [0.717, 1.165) is 11.3 Å². The average Bonchev–Trinajstić information content (AvgIpc) is 2.15. The normalized spacial score (nSPS) is 15.6. The van der Waals surface area contributed by atoms with Gasteiger partial charge in [0.15, 0.2) is 0 Å². The molecule has 0 heterocycles. The third-order valence-electron chi connectivity index (χ3n) is 2.14. The van der Waals surface area contributed by atoms with Gasteiger partial charge in [0.2, 0.25) is 0 Å². The van der Waals surface area contributed by atoms with Gasteiger partial charge in [-0.2, -0.15) is 0 Å². The number of rotatable bonds is 3. The predicted octanol–water partition coefficient (Wildman–Crippen LogP) is 2.24. The van der Waals surface area contributed by atoms with Crippen molar-refractivity contribution in [2.45, 2.75) is 45.4 Å². The van der Waals surface area contributed by atoms with E-state index in [1.54, 1.807) is 6.92 Å². The molecule has 0 radical (unpaired) electrons. The van der Waals surface area contributed by atoms with Crippen molar-refractivity contribution < 1.29 is 9.84 Å². The van der Waals surface area contributed by atoms with Crippen molar-refractivity contribution >= 4 is 0 Å². The molecule has 0 bridgehead atoms. The second-order valence-electron chi connectivity index (χ2n) is 5.09. The zero-order chi connectivity index (χ0) is 12.3. The molecule has 0 aliphatic carbocycles. The minimum Gasteiger partial charge on any atom is -0.488 e. The second kappa shape index (κ2) is 4.85. The summed E-state index contributed by atoms with van der Waals surface area (Å²) in [7, 11) is 0. The number of aliphatic hydroxyl groups excluding tert-OH is 1. The molecular weight excluding hydrogens is 202 g/mol. The Bertz CT molecular complexity index is 325. The van der Waals surface area contributed by atoms with E-state index in [1.807, 2.05) is 45.0 Å². The molecule has 3 nitrogen and oxygen atoms in total. The maximum atomic E-state index is 9.76. The summed E-state index contributed by atoms with van der Waals surface area (Å²) >= 11 is 0. The molecule has 3 N–H and O–H groups in total. The predicted molar refractivity (Wildman–Crippen MR) is 65.4 cm³/mol. The van der Waals surface area contributed by atoms with Crippen molar-refractivity contribution in [3.05, 3.63) is 29.8 Å². The molecule has 0 unspecified atom stereocenters. The first-order valence-electron chi connectivity index (χ1n) is 5.52. The van der Waals surface area contributed by atoms with Crippen LogP contribution in [0.25, 0.3) is 0 Å². The third kappa shape index (κ3) is 3.83. The zero-order valence-corrected chi connectivity index (χ0v) is 10.4. The zero-order valence-electron chi connectivity index (χ0n) is 10.4. The molecule has 1 aromatic rings. The largest absolute Gasteiger partial charge is 0.488 e. The molecule has 0 aliphatic heterocycles. The fourth-order valence-corrected chi connectivity index (χ4v) is 1.39. The highest BCUT2D eigenvalue weighted by atomic mass is 16.5. The Labute approximate surface area is 97.2 Å². The first kappa shape index (κ1) is 13.0. The Kier molecular flexibility index (Phi) is 3.94. The van der Waals surface area contributed by atoms with Crippen LogP contribution in [0.15, 0.2) is 24.3 Å². The minimum atomic E-state index is -0.622. The summed E-state index contributed by atoms with van der Waals surface area (Å²) < 4.78 is 5.68. The topological polar surface area (TPSA) is 55.5 Å². The second-order valence-corrected chi connectivity index (χ2v) is 5.09. The van der Waals surface area contributed by atoms with Gasteiger partial charge in [0.1, 0.15) is 11.4 Å². The summed E-state index contributed by atoms with van der Waals surface area (Å²) in [5, 5.41) is 9.76. The van der Waals surface area contributed by atoms with Gasteiger partial charge >= 0.3 is 0 Å². The first-order chi connectivity index (χ1) is 7.29. The highest BCUT2D eigenvalue weighted by Crippen LogP contribution is 2.22. The number of hydrogen-bond donors (Lipinski definition) is 2. The molecule has 0 saturated heterocycles. The molecule has 0 amide bonds. The van der Waals surface area contributed by atoms with Gasteiger partial charge in [-0.3, -0.25) is 0 Å². The van der Waals surface area contributed by atoms with Crippen LogP contribution in [-0.4, -0.2) is 16.7 Å². The smallest absolute Gasteiger partial charge is 0.120 e. The van der Waals surface area contributed by atoms with Crippen molar-refractivity contribution in [1.29, 1.82) is 0 Å². The molecule has 2 atom stereocenters. The van der Waals surface area contributed by atoms with Crippen molar-refractivity contribution in [3.63, 3.8) is 0 Å². The van der Waals surface area contributed by atoms with Crippen LogP contribution in [-0.2, 0) is 0 Å². The van der Waals surface area contributed by atoms with Crippen molar-refractivity contribution in [1.82, 2.24) is 0 Å². The number of benzene rings is 1. The number of nitrogens with two attached hydrogens (primary N) is 1. The van der Waals surface area contributed by atoms with Gasteiger partial charge in [-0.1, -0.05) is 12.1 Å².